The van der Waals surface area contributed by atoms with Crippen molar-refractivity contribution in [2.45, 2.75) is 34.6 Å². The van der Waals surface area contributed by atoms with Gasteiger partial charge in [0.2, 0.25) is 0 Å². The third-order valence-electron chi connectivity index (χ3n) is 4.03. The highest BCUT2D eigenvalue weighted by Gasteiger charge is 2.17. The monoisotopic (exact) mass is 270 g/mol. The summed E-state index contributed by atoms with van der Waals surface area (Å²) in [5, 5.41) is 0. The maximum atomic E-state index is 4.41. The van der Waals surface area contributed by atoms with E-state index in [9.17, 15) is 0 Å². The molecule has 0 amide bonds. The molecule has 0 unspecified atom stereocenters. The summed E-state index contributed by atoms with van der Waals surface area (Å²) in [6.45, 7) is 11.0. The summed E-state index contributed by atoms with van der Waals surface area (Å²) < 4.78 is 2.22. The van der Waals surface area contributed by atoms with Gasteiger partial charge in [-0.3, -0.25) is 4.40 Å². The molecule has 0 spiro atoms. The topological polar surface area (TPSA) is 17.3 Å². The van der Waals surface area contributed by atoms with Gasteiger partial charge < -0.3 is 0 Å². The molecule has 98 valence electrons. The lowest BCUT2D eigenvalue weighted by Gasteiger charge is -2.15. The second-order valence-corrected chi connectivity index (χ2v) is 6.40. The maximum Gasteiger partial charge on any atom is 0.194 e. The molecule has 2 nitrogen and oxygen atoms in total. The molecular weight excluding hydrogens is 252 g/mol. The average Bonchev–Trinajstić information content (AvgIpc) is 2.89. The van der Waals surface area contributed by atoms with Gasteiger partial charge in [-0.15, -0.1) is 11.3 Å². The predicted octanol–water partition coefficient (Wildman–Crippen LogP) is 4.60. The number of hydrogen-bond donors (Lipinski definition) is 0. The third kappa shape index (κ3) is 1.72. The summed E-state index contributed by atoms with van der Waals surface area (Å²) in [7, 11) is 0. The Morgan fingerprint density at radius 1 is 1.00 bits per heavy atom. The van der Waals surface area contributed by atoms with Crippen LogP contribution in [0.3, 0.4) is 0 Å². The van der Waals surface area contributed by atoms with E-state index >= 15 is 0 Å². The van der Waals surface area contributed by atoms with E-state index in [-0.39, 0.29) is 0 Å². The van der Waals surface area contributed by atoms with Gasteiger partial charge in [0.15, 0.2) is 4.96 Å². The van der Waals surface area contributed by atoms with Crippen molar-refractivity contribution >= 4 is 16.3 Å². The van der Waals surface area contributed by atoms with E-state index in [1.54, 1.807) is 11.3 Å². The molecule has 3 heteroatoms. The van der Waals surface area contributed by atoms with Gasteiger partial charge in [0.05, 0.1) is 5.69 Å². The van der Waals surface area contributed by atoms with Crippen LogP contribution in [0.1, 0.15) is 27.1 Å². The minimum atomic E-state index is 1.07. The van der Waals surface area contributed by atoms with E-state index in [2.05, 4.69) is 56.3 Å². The lowest BCUT2D eigenvalue weighted by molar-refractivity contribution is 1.17. The fourth-order valence-corrected chi connectivity index (χ4v) is 3.69. The van der Waals surface area contributed by atoms with Crippen LogP contribution in [-0.4, -0.2) is 9.38 Å². The molecule has 0 atom stereocenters. The number of aromatic nitrogens is 2. The number of fused-ring (bicyclic) bond motifs is 1. The first-order valence-corrected chi connectivity index (χ1v) is 7.32. The van der Waals surface area contributed by atoms with E-state index in [0.29, 0.717) is 0 Å². The van der Waals surface area contributed by atoms with Gasteiger partial charge in [-0.25, -0.2) is 4.98 Å². The van der Waals surface area contributed by atoms with E-state index in [1.165, 1.54) is 38.4 Å². The van der Waals surface area contributed by atoms with Crippen molar-refractivity contribution in [3.05, 3.63) is 45.6 Å². The third-order valence-corrected chi connectivity index (χ3v) is 5.01. The first-order valence-electron chi connectivity index (χ1n) is 6.51. The normalized spacial score (nSPS) is 11.4. The standard InChI is InChI=1S/C16H18N2S/c1-9-8-10(2)12(4)14(11(9)3)15-13(5)19-16-17-6-7-18(15)16/h6-8H,1-5H3. The van der Waals surface area contributed by atoms with Crippen LogP contribution in [0.4, 0.5) is 0 Å². The van der Waals surface area contributed by atoms with Crippen molar-refractivity contribution in [1.29, 1.82) is 0 Å². The lowest BCUT2D eigenvalue weighted by atomic mass is 9.92. The Hall–Kier alpha value is -1.61. The quantitative estimate of drug-likeness (QED) is 0.631. The maximum absolute atomic E-state index is 4.41. The summed E-state index contributed by atoms with van der Waals surface area (Å²) in [4.78, 5) is 6.82. The number of imidazole rings is 1. The molecule has 2 heterocycles. The molecule has 0 aliphatic heterocycles. The Kier molecular flexibility index (Phi) is 2.75. The molecule has 0 radical (unpaired) electrons. The first kappa shape index (κ1) is 12.4. The summed E-state index contributed by atoms with van der Waals surface area (Å²) in [5.74, 6) is 0. The van der Waals surface area contributed by atoms with E-state index in [4.69, 9.17) is 0 Å². The van der Waals surface area contributed by atoms with Gasteiger partial charge in [0.1, 0.15) is 0 Å². The van der Waals surface area contributed by atoms with E-state index in [0.717, 1.165) is 4.96 Å². The van der Waals surface area contributed by atoms with Crippen LogP contribution in [0.25, 0.3) is 16.2 Å². The van der Waals surface area contributed by atoms with Crippen LogP contribution >= 0.6 is 11.3 Å². The smallest absolute Gasteiger partial charge is 0.194 e. The second-order valence-electron chi connectivity index (χ2n) is 5.22. The Balaban J connectivity index is 2.45. The molecule has 0 fully saturated rings. The zero-order chi connectivity index (χ0) is 13.7. The van der Waals surface area contributed by atoms with Gasteiger partial charge in [0, 0.05) is 22.8 Å². The van der Waals surface area contributed by atoms with Crippen molar-refractivity contribution < 1.29 is 0 Å². The number of rotatable bonds is 1. The molecule has 1 aromatic carbocycles. The molecule has 0 aliphatic carbocycles. The molecular formula is C16H18N2S. The average molecular weight is 270 g/mol. The highest BCUT2D eigenvalue weighted by Crippen LogP contribution is 2.37. The van der Waals surface area contributed by atoms with Crippen LogP contribution in [0.5, 0.6) is 0 Å². The fraction of sp³-hybridized carbons (Fsp3) is 0.312. The number of benzene rings is 1. The minimum absolute atomic E-state index is 1.07. The summed E-state index contributed by atoms with van der Waals surface area (Å²) in [6, 6.07) is 2.28. The SMILES string of the molecule is Cc1cc(C)c(C)c(-c2c(C)sc3nccn23)c1C. The number of nitrogens with zero attached hydrogens (tertiary/aromatic N) is 2. The number of aryl methyl sites for hydroxylation is 3. The first-order chi connectivity index (χ1) is 9.00. The van der Waals surface area contributed by atoms with Crippen LogP contribution in [0.15, 0.2) is 18.5 Å². The van der Waals surface area contributed by atoms with Crippen molar-refractivity contribution in [3.8, 4) is 11.3 Å². The van der Waals surface area contributed by atoms with Gasteiger partial charge in [-0.1, -0.05) is 6.07 Å². The molecule has 2 aromatic heterocycles. The summed E-state index contributed by atoms with van der Waals surface area (Å²) in [6.07, 6.45) is 3.94. The van der Waals surface area contributed by atoms with E-state index < -0.39 is 0 Å². The zero-order valence-corrected chi connectivity index (χ0v) is 12.9. The minimum Gasteiger partial charge on any atom is -0.290 e. The highest BCUT2D eigenvalue weighted by molar-refractivity contribution is 7.17. The van der Waals surface area contributed by atoms with Crippen LogP contribution < -0.4 is 0 Å². The Morgan fingerprint density at radius 2 is 1.63 bits per heavy atom. The van der Waals surface area contributed by atoms with Crippen molar-refractivity contribution in [1.82, 2.24) is 9.38 Å². The Morgan fingerprint density at radius 3 is 2.26 bits per heavy atom. The van der Waals surface area contributed by atoms with Crippen LogP contribution in [0.2, 0.25) is 0 Å². The van der Waals surface area contributed by atoms with Crippen molar-refractivity contribution in [2.24, 2.45) is 0 Å². The van der Waals surface area contributed by atoms with Gasteiger partial charge >= 0.3 is 0 Å². The Labute approximate surface area is 117 Å². The number of thiazole rings is 1. The second kappa shape index (κ2) is 4.20. The summed E-state index contributed by atoms with van der Waals surface area (Å²) in [5.41, 5.74) is 8.15. The van der Waals surface area contributed by atoms with Crippen molar-refractivity contribution in [2.75, 3.05) is 0 Å². The fourth-order valence-electron chi connectivity index (χ4n) is 2.76. The molecule has 0 saturated heterocycles. The zero-order valence-electron chi connectivity index (χ0n) is 12.0. The molecule has 3 aromatic rings. The predicted molar refractivity (Wildman–Crippen MR) is 82.2 cm³/mol. The van der Waals surface area contributed by atoms with Crippen LogP contribution in [-0.2, 0) is 0 Å². The molecule has 0 bridgehead atoms. The Bertz CT molecular complexity index is 751. The van der Waals surface area contributed by atoms with Crippen molar-refractivity contribution in [3.63, 3.8) is 0 Å². The molecule has 3 rings (SSSR count). The van der Waals surface area contributed by atoms with Gasteiger partial charge in [-0.05, 0) is 56.9 Å². The lowest BCUT2D eigenvalue weighted by Crippen LogP contribution is -1.98. The summed E-state index contributed by atoms with van der Waals surface area (Å²) >= 11 is 1.76. The largest absolute Gasteiger partial charge is 0.290 e. The number of hydrogen-bond acceptors (Lipinski definition) is 2. The highest BCUT2D eigenvalue weighted by atomic mass is 32.1. The molecule has 0 aliphatic rings. The van der Waals surface area contributed by atoms with Crippen LogP contribution in [0, 0.1) is 34.6 Å². The molecule has 19 heavy (non-hydrogen) atoms. The van der Waals surface area contributed by atoms with Gasteiger partial charge in [0.25, 0.3) is 0 Å². The van der Waals surface area contributed by atoms with Gasteiger partial charge in [-0.2, -0.15) is 0 Å². The molecule has 0 N–H and O–H groups in total. The van der Waals surface area contributed by atoms with E-state index in [1.807, 2.05) is 6.20 Å². The molecule has 0 saturated carbocycles.